The summed E-state index contributed by atoms with van der Waals surface area (Å²) in [5, 5.41) is 11.5. The summed E-state index contributed by atoms with van der Waals surface area (Å²) in [5.74, 6) is 0.729. The number of aliphatic hydroxyl groups is 1. The van der Waals surface area contributed by atoms with Crippen LogP contribution in [0.1, 0.15) is 52.0 Å². The molecule has 0 atom stereocenters. The van der Waals surface area contributed by atoms with Gasteiger partial charge < -0.3 is 5.11 Å². The average molecular weight is 281 g/mol. The van der Waals surface area contributed by atoms with Crippen LogP contribution in [0.5, 0.6) is 0 Å². The van der Waals surface area contributed by atoms with Gasteiger partial charge in [-0.1, -0.05) is 44.5 Å². The number of benzene rings is 1. The average Bonchev–Trinajstić information content (AvgIpc) is 2.27. The number of halogens is 1. The van der Waals surface area contributed by atoms with E-state index in [1.807, 2.05) is 18.2 Å². The van der Waals surface area contributed by atoms with Gasteiger partial charge in [0.1, 0.15) is 0 Å². The second-order valence-corrected chi connectivity index (χ2v) is 7.61. The van der Waals surface area contributed by atoms with Crippen molar-refractivity contribution in [1.29, 1.82) is 0 Å². The van der Waals surface area contributed by atoms with Gasteiger partial charge in [-0.25, -0.2) is 0 Å². The van der Waals surface area contributed by atoms with Gasteiger partial charge in [0.15, 0.2) is 0 Å². The molecule has 1 aromatic carbocycles. The maximum Gasteiger partial charge on any atom is 0.0688 e. The molecule has 0 amide bonds. The van der Waals surface area contributed by atoms with Crippen LogP contribution in [0.4, 0.5) is 0 Å². The monoisotopic (exact) mass is 280 g/mol. The predicted molar refractivity (Wildman–Crippen MR) is 81.5 cm³/mol. The minimum absolute atomic E-state index is 0.359. The summed E-state index contributed by atoms with van der Waals surface area (Å²) in [6.07, 6.45) is 4.79. The molecular formula is C17H25ClO. The summed E-state index contributed by atoms with van der Waals surface area (Å²) in [6, 6.07) is 7.86. The molecular weight excluding hydrogens is 256 g/mol. The second-order valence-electron chi connectivity index (χ2n) is 7.17. The van der Waals surface area contributed by atoms with Crippen LogP contribution in [0.25, 0.3) is 0 Å². The quantitative estimate of drug-likeness (QED) is 0.821. The summed E-state index contributed by atoms with van der Waals surface area (Å²) < 4.78 is 0. The predicted octanol–water partition coefficient (Wildman–Crippen LogP) is 4.85. The van der Waals surface area contributed by atoms with Gasteiger partial charge in [-0.2, -0.15) is 0 Å². The van der Waals surface area contributed by atoms with E-state index in [-0.39, 0.29) is 0 Å². The first-order valence-electron chi connectivity index (χ1n) is 7.25. The summed E-state index contributed by atoms with van der Waals surface area (Å²) in [4.78, 5) is 0. The fourth-order valence-electron chi connectivity index (χ4n) is 3.22. The zero-order valence-electron chi connectivity index (χ0n) is 12.2. The van der Waals surface area contributed by atoms with Crippen LogP contribution in [0.3, 0.4) is 0 Å². The van der Waals surface area contributed by atoms with Crippen LogP contribution in [0, 0.1) is 11.3 Å². The highest BCUT2D eigenvalue weighted by Crippen LogP contribution is 2.42. The van der Waals surface area contributed by atoms with Gasteiger partial charge in [0.05, 0.1) is 5.60 Å². The van der Waals surface area contributed by atoms with E-state index in [1.165, 1.54) is 0 Å². The topological polar surface area (TPSA) is 20.2 Å². The largest absolute Gasteiger partial charge is 0.390 e. The van der Waals surface area contributed by atoms with Crippen LogP contribution in [0.2, 0.25) is 5.02 Å². The zero-order valence-corrected chi connectivity index (χ0v) is 13.0. The molecule has 2 heteroatoms. The molecule has 1 fully saturated rings. The van der Waals surface area contributed by atoms with Crippen LogP contribution in [-0.2, 0) is 6.42 Å². The zero-order chi connectivity index (χ0) is 14.1. The van der Waals surface area contributed by atoms with Crippen molar-refractivity contribution in [3.05, 3.63) is 34.9 Å². The summed E-state index contributed by atoms with van der Waals surface area (Å²) in [6.45, 7) is 6.91. The maximum atomic E-state index is 10.8. The van der Waals surface area contributed by atoms with Gasteiger partial charge in [-0.3, -0.25) is 0 Å². The van der Waals surface area contributed by atoms with Gasteiger partial charge in [-0.05, 0) is 54.7 Å². The molecule has 1 saturated carbocycles. The lowest BCUT2D eigenvalue weighted by Gasteiger charge is -2.41. The Labute approximate surface area is 122 Å². The molecule has 1 aliphatic rings. The Morgan fingerprint density at radius 1 is 1.26 bits per heavy atom. The molecule has 0 unspecified atom stereocenters. The molecule has 1 nitrogen and oxygen atoms in total. The Morgan fingerprint density at radius 2 is 1.89 bits per heavy atom. The van der Waals surface area contributed by atoms with Crippen LogP contribution in [-0.4, -0.2) is 10.7 Å². The fraction of sp³-hybridized carbons (Fsp3) is 0.647. The Morgan fingerprint density at radius 3 is 2.42 bits per heavy atom. The number of hydrogen-bond acceptors (Lipinski definition) is 1. The third kappa shape index (κ3) is 3.97. The Hall–Kier alpha value is -0.530. The standard InChI is InChI=1S/C17H25ClO/c1-16(2,3)14-7-9-17(19,10-8-14)12-13-5-4-6-15(18)11-13/h4-6,11,14,19H,7-10,12H2,1-3H3. The first-order valence-corrected chi connectivity index (χ1v) is 7.63. The Bertz CT molecular complexity index is 425. The number of rotatable bonds is 2. The molecule has 106 valence electrons. The molecule has 1 aliphatic carbocycles. The normalized spacial score (nSPS) is 28.4. The van der Waals surface area contributed by atoms with E-state index in [2.05, 4.69) is 26.8 Å². The SMILES string of the molecule is CC(C)(C)C1CCC(O)(Cc2cccc(Cl)c2)CC1. The molecule has 1 N–H and O–H groups in total. The Balaban J connectivity index is 1.99. The van der Waals surface area contributed by atoms with Gasteiger partial charge in [0.25, 0.3) is 0 Å². The first-order chi connectivity index (χ1) is 8.78. The smallest absolute Gasteiger partial charge is 0.0688 e. The van der Waals surface area contributed by atoms with E-state index in [9.17, 15) is 5.11 Å². The van der Waals surface area contributed by atoms with Crippen LogP contribution < -0.4 is 0 Å². The van der Waals surface area contributed by atoms with Gasteiger partial charge in [0, 0.05) is 11.4 Å². The molecule has 0 saturated heterocycles. The summed E-state index contributed by atoms with van der Waals surface area (Å²) >= 11 is 6.01. The molecule has 0 aromatic heterocycles. The van der Waals surface area contributed by atoms with Crippen molar-refractivity contribution in [3.8, 4) is 0 Å². The molecule has 0 spiro atoms. The highest BCUT2D eigenvalue weighted by atomic mass is 35.5. The first kappa shape index (κ1) is 14.9. The second kappa shape index (κ2) is 5.46. The van der Waals surface area contributed by atoms with E-state index in [4.69, 9.17) is 11.6 Å². The lowest BCUT2D eigenvalue weighted by Crippen LogP contribution is -2.39. The molecule has 2 rings (SSSR count). The van der Waals surface area contributed by atoms with Gasteiger partial charge in [0.2, 0.25) is 0 Å². The third-order valence-electron chi connectivity index (χ3n) is 4.56. The highest BCUT2D eigenvalue weighted by molar-refractivity contribution is 6.30. The maximum absolute atomic E-state index is 10.8. The molecule has 0 heterocycles. The molecule has 0 aliphatic heterocycles. The fourth-order valence-corrected chi connectivity index (χ4v) is 3.44. The van der Waals surface area contributed by atoms with Crippen molar-refractivity contribution >= 4 is 11.6 Å². The van der Waals surface area contributed by atoms with E-state index in [0.717, 1.165) is 48.6 Å². The molecule has 19 heavy (non-hydrogen) atoms. The van der Waals surface area contributed by atoms with Gasteiger partial charge >= 0.3 is 0 Å². The Kier molecular flexibility index (Phi) is 4.27. The number of hydrogen-bond donors (Lipinski definition) is 1. The van der Waals surface area contributed by atoms with Crippen molar-refractivity contribution < 1.29 is 5.11 Å². The van der Waals surface area contributed by atoms with E-state index in [0.29, 0.717) is 5.41 Å². The molecule has 0 radical (unpaired) electrons. The van der Waals surface area contributed by atoms with Gasteiger partial charge in [-0.15, -0.1) is 0 Å². The van der Waals surface area contributed by atoms with Crippen molar-refractivity contribution in [2.45, 2.75) is 58.5 Å². The van der Waals surface area contributed by atoms with Crippen molar-refractivity contribution in [2.75, 3.05) is 0 Å². The minimum Gasteiger partial charge on any atom is -0.390 e. The highest BCUT2D eigenvalue weighted by Gasteiger charge is 2.37. The molecule has 0 bridgehead atoms. The molecule has 1 aromatic rings. The minimum atomic E-state index is -0.535. The van der Waals surface area contributed by atoms with E-state index < -0.39 is 5.60 Å². The van der Waals surface area contributed by atoms with Crippen LogP contribution in [0.15, 0.2) is 24.3 Å². The third-order valence-corrected chi connectivity index (χ3v) is 4.80. The lowest BCUT2D eigenvalue weighted by atomic mass is 9.67. The summed E-state index contributed by atoms with van der Waals surface area (Å²) in [7, 11) is 0. The van der Waals surface area contributed by atoms with Crippen LogP contribution >= 0.6 is 11.6 Å². The summed E-state index contributed by atoms with van der Waals surface area (Å²) in [5.41, 5.74) is 0.966. The van der Waals surface area contributed by atoms with E-state index in [1.54, 1.807) is 0 Å². The van der Waals surface area contributed by atoms with Crippen molar-refractivity contribution in [2.24, 2.45) is 11.3 Å². The lowest BCUT2D eigenvalue weighted by molar-refractivity contribution is -0.0245. The van der Waals surface area contributed by atoms with Crippen molar-refractivity contribution in [1.82, 2.24) is 0 Å². The van der Waals surface area contributed by atoms with Crippen molar-refractivity contribution in [3.63, 3.8) is 0 Å². The van der Waals surface area contributed by atoms with E-state index >= 15 is 0 Å².